The first kappa shape index (κ1) is 19.0. The molecule has 7 heteroatoms. The number of fused-ring (bicyclic) bond motifs is 3. The Morgan fingerprint density at radius 1 is 1.29 bits per heavy atom. The minimum absolute atomic E-state index is 0.0589. The van der Waals surface area contributed by atoms with Gasteiger partial charge in [-0.05, 0) is 67.1 Å². The Morgan fingerprint density at radius 3 is 2.81 bits per heavy atom. The summed E-state index contributed by atoms with van der Waals surface area (Å²) in [6.45, 7) is 4.57. The molecule has 4 aliphatic rings. The highest BCUT2D eigenvalue weighted by Gasteiger charge is 2.64. The number of primary amides is 1. The summed E-state index contributed by atoms with van der Waals surface area (Å²) in [6, 6.07) is 4.67. The number of hydrogen-bond donors (Lipinski definition) is 4. The fourth-order valence-electron chi connectivity index (χ4n) is 7.82. The Labute approximate surface area is 179 Å². The molecule has 3 unspecified atom stereocenters. The average Bonchev–Trinajstić information content (AvgIpc) is 3.00. The lowest BCUT2D eigenvalue weighted by molar-refractivity contribution is -0.194. The Balaban J connectivity index is 1.50. The zero-order valence-corrected chi connectivity index (χ0v) is 17.8. The maximum atomic E-state index is 14.1. The Morgan fingerprint density at radius 2 is 2.10 bits per heavy atom. The van der Waals surface area contributed by atoms with Crippen molar-refractivity contribution in [2.75, 3.05) is 5.32 Å². The summed E-state index contributed by atoms with van der Waals surface area (Å²) in [5.74, 6) is 0.0481. The summed E-state index contributed by atoms with van der Waals surface area (Å²) in [6.07, 6.45) is 6.08. The summed E-state index contributed by atoms with van der Waals surface area (Å²) in [7, 11) is 0. The van der Waals surface area contributed by atoms with Crippen molar-refractivity contribution in [3.8, 4) is 0 Å². The van der Waals surface area contributed by atoms with Crippen molar-refractivity contribution >= 4 is 33.5 Å². The van der Waals surface area contributed by atoms with Gasteiger partial charge in [0.15, 0.2) is 0 Å². The zero-order chi connectivity index (χ0) is 21.8. The molecule has 1 amide bonds. The number of carbonyl (C=O) groups excluding carboxylic acids is 1. The van der Waals surface area contributed by atoms with Crippen LogP contribution < -0.4 is 11.1 Å². The Hall–Kier alpha value is -2.67. The smallest absolute Gasteiger partial charge is 0.252 e. The monoisotopic (exact) mass is 422 g/mol. The molecule has 4 saturated carbocycles. The second-order valence-electron chi connectivity index (χ2n) is 11.0. The van der Waals surface area contributed by atoms with Gasteiger partial charge >= 0.3 is 0 Å². The van der Waals surface area contributed by atoms with Crippen molar-refractivity contribution < 1.29 is 14.3 Å². The van der Waals surface area contributed by atoms with E-state index in [1.54, 1.807) is 6.07 Å². The predicted molar refractivity (Wildman–Crippen MR) is 117 cm³/mol. The number of nitrogens with zero attached hydrogens (tertiary/aromatic N) is 1. The van der Waals surface area contributed by atoms with E-state index in [9.17, 15) is 14.3 Å². The average molecular weight is 423 g/mol. The van der Waals surface area contributed by atoms with Gasteiger partial charge in [-0.25, -0.2) is 9.37 Å². The third-order valence-corrected chi connectivity index (χ3v) is 8.09. The van der Waals surface area contributed by atoms with Crippen molar-refractivity contribution in [3.63, 3.8) is 0 Å². The van der Waals surface area contributed by atoms with Gasteiger partial charge in [-0.3, -0.25) is 4.79 Å². The lowest BCUT2D eigenvalue weighted by Crippen LogP contribution is -2.66. The van der Waals surface area contributed by atoms with E-state index in [0.29, 0.717) is 28.0 Å². The number of rotatable bonds is 3. The van der Waals surface area contributed by atoms with Crippen molar-refractivity contribution in [3.05, 3.63) is 35.8 Å². The number of aromatic amines is 1. The van der Waals surface area contributed by atoms with Crippen LogP contribution in [0.2, 0.25) is 0 Å². The largest absolute Gasteiger partial charge is 0.390 e. The molecule has 5 atom stereocenters. The number of aromatic nitrogens is 2. The van der Waals surface area contributed by atoms with Crippen LogP contribution >= 0.6 is 0 Å². The van der Waals surface area contributed by atoms with Crippen molar-refractivity contribution in [1.82, 2.24) is 9.97 Å². The SMILES string of the molecule is C[C@]12CC3CC(O)(C1)C[C@](C)(C2)C3Nc1ncc(C(N)=O)c2[nH]c3ccc(F)cc3c12. The number of nitrogens with one attached hydrogen (secondary N) is 2. The number of anilines is 1. The molecule has 4 bridgehead atoms. The first-order valence-corrected chi connectivity index (χ1v) is 11.0. The van der Waals surface area contributed by atoms with Crippen LogP contribution in [-0.4, -0.2) is 32.6 Å². The number of carbonyl (C=O) groups is 1. The highest BCUT2D eigenvalue weighted by Crippen LogP contribution is 2.66. The quantitative estimate of drug-likeness (QED) is 0.510. The number of amides is 1. The van der Waals surface area contributed by atoms with E-state index in [1.807, 2.05) is 0 Å². The Kier molecular flexibility index (Phi) is 3.54. The number of hydrogen-bond acceptors (Lipinski definition) is 4. The van der Waals surface area contributed by atoms with Gasteiger partial charge in [0.25, 0.3) is 5.91 Å². The molecule has 0 saturated heterocycles. The van der Waals surface area contributed by atoms with Gasteiger partial charge in [0.05, 0.1) is 22.1 Å². The van der Waals surface area contributed by atoms with E-state index >= 15 is 0 Å². The highest BCUT2D eigenvalue weighted by molar-refractivity contribution is 6.18. The minimum atomic E-state index is -0.578. The third kappa shape index (κ3) is 2.65. The molecule has 2 aromatic heterocycles. The molecule has 3 aromatic rings. The van der Waals surface area contributed by atoms with Gasteiger partial charge in [0.2, 0.25) is 0 Å². The fourth-order valence-corrected chi connectivity index (χ4v) is 7.82. The lowest BCUT2D eigenvalue weighted by atomic mass is 9.42. The summed E-state index contributed by atoms with van der Waals surface area (Å²) in [5, 5.41) is 16.2. The number of aliphatic hydroxyl groups is 1. The van der Waals surface area contributed by atoms with Crippen LogP contribution in [0.1, 0.15) is 56.3 Å². The number of nitrogens with two attached hydrogens (primary N) is 1. The second kappa shape index (κ2) is 5.76. The molecule has 2 heterocycles. The van der Waals surface area contributed by atoms with Crippen LogP contribution in [0.4, 0.5) is 10.2 Å². The van der Waals surface area contributed by atoms with Gasteiger partial charge in [-0.2, -0.15) is 0 Å². The minimum Gasteiger partial charge on any atom is -0.390 e. The molecule has 0 radical (unpaired) electrons. The van der Waals surface area contributed by atoms with E-state index in [2.05, 4.69) is 29.1 Å². The fraction of sp³-hybridized carbons (Fsp3) is 0.500. The molecule has 4 fully saturated rings. The molecule has 4 aliphatic carbocycles. The van der Waals surface area contributed by atoms with Crippen molar-refractivity contribution in [1.29, 1.82) is 0 Å². The molecule has 31 heavy (non-hydrogen) atoms. The van der Waals surface area contributed by atoms with E-state index < -0.39 is 11.5 Å². The van der Waals surface area contributed by atoms with Crippen LogP contribution in [0.3, 0.4) is 0 Å². The molecular formula is C24H27FN4O2. The molecular weight excluding hydrogens is 395 g/mol. The third-order valence-electron chi connectivity index (χ3n) is 8.09. The molecule has 162 valence electrons. The van der Waals surface area contributed by atoms with Crippen molar-refractivity contribution in [2.45, 2.75) is 57.6 Å². The summed E-state index contributed by atoms with van der Waals surface area (Å²) >= 11 is 0. The summed E-state index contributed by atoms with van der Waals surface area (Å²) in [5.41, 5.74) is 6.72. The Bertz CT molecular complexity index is 1250. The number of pyridine rings is 1. The van der Waals surface area contributed by atoms with E-state index in [4.69, 9.17) is 5.73 Å². The first-order valence-electron chi connectivity index (χ1n) is 11.0. The number of H-pyrrole nitrogens is 1. The van der Waals surface area contributed by atoms with Crippen molar-refractivity contribution in [2.24, 2.45) is 22.5 Å². The van der Waals surface area contributed by atoms with Gasteiger partial charge in [-0.15, -0.1) is 0 Å². The van der Waals surface area contributed by atoms with Crippen LogP contribution in [0.25, 0.3) is 21.8 Å². The van der Waals surface area contributed by atoms with Crippen LogP contribution in [0, 0.1) is 22.6 Å². The zero-order valence-electron chi connectivity index (χ0n) is 17.8. The predicted octanol–water partition coefficient (Wildman–Crippen LogP) is 4.09. The molecule has 5 N–H and O–H groups in total. The van der Waals surface area contributed by atoms with E-state index in [0.717, 1.165) is 37.6 Å². The lowest BCUT2D eigenvalue weighted by Gasteiger charge is -2.66. The van der Waals surface area contributed by atoms with Gasteiger partial charge in [-0.1, -0.05) is 13.8 Å². The molecule has 6 nitrogen and oxygen atoms in total. The highest BCUT2D eigenvalue weighted by atomic mass is 19.1. The summed E-state index contributed by atoms with van der Waals surface area (Å²) < 4.78 is 14.1. The standard InChI is InChI=1S/C24H27FN4O2/c1-22-6-12-7-24(31,10-22)11-23(2,9-22)19(12)29-21-17-14-5-13(25)3-4-16(14)28-18(17)15(8-27-21)20(26)30/h3-5,8,12,19,28,31H,6-7,9-11H2,1-2H3,(H2,26,30)(H,27,29)/t12?,19?,22-,23+,24?/m1/s1. The molecule has 0 spiro atoms. The van der Waals surface area contributed by atoms with Crippen LogP contribution in [-0.2, 0) is 0 Å². The van der Waals surface area contributed by atoms with Gasteiger partial charge in [0.1, 0.15) is 11.6 Å². The molecule has 7 rings (SSSR count). The van der Waals surface area contributed by atoms with Crippen LogP contribution in [0.15, 0.2) is 24.4 Å². The molecule has 1 aromatic carbocycles. The summed E-state index contributed by atoms with van der Waals surface area (Å²) in [4.78, 5) is 19.8. The molecule has 0 aliphatic heterocycles. The normalized spacial score (nSPS) is 36.4. The number of halogens is 1. The van der Waals surface area contributed by atoms with E-state index in [-0.39, 0.29) is 28.3 Å². The van der Waals surface area contributed by atoms with E-state index in [1.165, 1.54) is 18.3 Å². The maximum Gasteiger partial charge on any atom is 0.252 e. The topological polar surface area (TPSA) is 104 Å². The first-order chi connectivity index (χ1) is 14.6. The number of benzene rings is 1. The second-order valence-corrected chi connectivity index (χ2v) is 11.0. The van der Waals surface area contributed by atoms with Gasteiger partial charge < -0.3 is 21.1 Å². The van der Waals surface area contributed by atoms with Gasteiger partial charge in [0, 0.05) is 23.1 Å². The van der Waals surface area contributed by atoms with Crippen LogP contribution in [0.5, 0.6) is 0 Å². The maximum absolute atomic E-state index is 14.1.